The summed E-state index contributed by atoms with van der Waals surface area (Å²) in [6.45, 7) is 1.82. The second kappa shape index (κ2) is 11.4. The lowest BCUT2D eigenvalue weighted by Gasteiger charge is -2.21. The van der Waals surface area contributed by atoms with E-state index in [1.165, 1.54) is 6.33 Å². The molecule has 0 bridgehead atoms. The van der Waals surface area contributed by atoms with Crippen LogP contribution in [0.1, 0.15) is 30.5 Å². The molecule has 11 heteroatoms. The molecule has 0 aliphatic rings. The van der Waals surface area contributed by atoms with Gasteiger partial charge >= 0.3 is 6.09 Å². The molecule has 1 aromatic heterocycles. The molecule has 0 saturated heterocycles. The van der Waals surface area contributed by atoms with E-state index >= 15 is 0 Å². The molecule has 1 heterocycles. The first-order chi connectivity index (χ1) is 16.2. The molecule has 0 aliphatic heterocycles. The molecule has 0 radical (unpaired) electrons. The van der Waals surface area contributed by atoms with Crippen molar-refractivity contribution in [3.05, 3.63) is 78.4 Å². The highest BCUT2D eigenvalue weighted by Crippen LogP contribution is 2.16. The first-order valence-corrected chi connectivity index (χ1v) is 12.7. The van der Waals surface area contributed by atoms with Crippen LogP contribution < -0.4 is 10.6 Å². The van der Waals surface area contributed by atoms with Crippen molar-refractivity contribution in [2.45, 2.75) is 32.0 Å². The van der Waals surface area contributed by atoms with Gasteiger partial charge in [0.2, 0.25) is 5.91 Å². The normalized spacial score (nSPS) is 13.0. The third kappa shape index (κ3) is 7.69. The maximum absolute atomic E-state index is 12.9. The van der Waals surface area contributed by atoms with Crippen LogP contribution in [-0.4, -0.2) is 53.2 Å². The lowest BCUT2D eigenvalue weighted by Crippen LogP contribution is -2.48. The highest BCUT2D eigenvalue weighted by atomic mass is 32.2. The third-order valence-electron chi connectivity index (χ3n) is 5.03. The van der Waals surface area contributed by atoms with Gasteiger partial charge in [-0.25, -0.2) is 22.9 Å². The number of nitrogens with zero attached hydrogens (tertiary/aromatic N) is 3. The van der Waals surface area contributed by atoms with Gasteiger partial charge in [0.1, 0.15) is 35.1 Å². The number of carbonyl (C=O) groups excluding carboxylic acids is 2. The Morgan fingerprint density at radius 1 is 1.06 bits per heavy atom. The van der Waals surface area contributed by atoms with Crippen LogP contribution >= 0.6 is 0 Å². The Hall–Kier alpha value is -3.73. The maximum Gasteiger partial charge on any atom is 0.408 e. The fourth-order valence-electron chi connectivity index (χ4n) is 3.16. The number of nitrogens with one attached hydrogen (secondary N) is 2. The second-order valence-corrected chi connectivity index (χ2v) is 10.1. The Bertz CT molecular complexity index is 1180. The SMILES string of the molecule is CC(NC(=O)C(CCS(C)(=O)=O)NC(=O)OCc1ccccc1)c1ccc(-n2cncn2)cc1. The van der Waals surface area contributed by atoms with Gasteiger partial charge in [-0.05, 0) is 36.6 Å². The Kier molecular flexibility index (Phi) is 8.36. The lowest BCUT2D eigenvalue weighted by molar-refractivity contribution is -0.123. The maximum atomic E-state index is 12.9. The van der Waals surface area contributed by atoms with Crippen molar-refractivity contribution in [2.75, 3.05) is 12.0 Å². The van der Waals surface area contributed by atoms with Crippen LogP contribution in [0.4, 0.5) is 4.79 Å². The van der Waals surface area contributed by atoms with Crippen LogP contribution in [0.5, 0.6) is 0 Å². The Balaban J connectivity index is 1.62. The summed E-state index contributed by atoms with van der Waals surface area (Å²) in [5.74, 6) is -0.765. The fraction of sp³-hybridized carbons (Fsp3) is 0.304. The van der Waals surface area contributed by atoms with Crippen LogP contribution in [-0.2, 0) is 26.0 Å². The molecular formula is C23H27N5O5S. The van der Waals surface area contributed by atoms with E-state index < -0.39 is 27.9 Å². The van der Waals surface area contributed by atoms with E-state index in [9.17, 15) is 18.0 Å². The minimum absolute atomic E-state index is 0.0294. The monoisotopic (exact) mass is 485 g/mol. The summed E-state index contributed by atoms with van der Waals surface area (Å²) in [5, 5.41) is 9.38. The molecule has 2 unspecified atom stereocenters. The van der Waals surface area contributed by atoms with Gasteiger partial charge in [0, 0.05) is 6.26 Å². The van der Waals surface area contributed by atoms with Gasteiger partial charge in [0.05, 0.1) is 17.5 Å². The van der Waals surface area contributed by atoms with E-state index in [2.05, 4.69) is 20.7 Å². The summed E-state index contributed by atoms with van der Waals surface area (Å²) in [6, 6.07) is 15.0. The predicted molar refractivity (Wildman–Crippen MR) is 126 cm³/mol. The molecule has 10 nitrogen and oxygen atoms in total. The molecule has 2 amide bonds. The Labute approximate surface area is 198 Å². The van der Waals surface area contributed by atoms with Gasteiger partial charge in [-0.3, -0.25) is 4.79 Å². The summed E-state index contributed by atoms with van der Waals surface area (Å²) in [6.07, 6.45) is 3.21. The van der Waals surface area contributed by atoms with Crippen molar-refractivity contribution in [3.63, 3.8) is 0 Å². The average Bonchev–Trinajstić information content (AvgIpc) is 3.35. The molecule has 0 saturated carbocycles. The van der Waals surface area contributed by atoms with Crippen LogP contribution in [0.2, 0.25) is 0 Å². The van der Waals surface area contributed by atoms with Gasteiger partial charge in [-0.1, -0.05) is 42.5 Å². The summed E-state index contributed by atoms with van der Waals surface area (Å²) >= 11 is 0. The highest BCUT2D eigenvalue weighted by Gasteiger charge is 2.24. The number of amides is 2. The molecular weight excluding hydrogens is 458 g/mol. The molecule has 2 atom stereocenters. The predicted octanol–water partition coefficient (Wildman–Crippen LogP) is 2.17. The summed E-state index contributed by atoms with van der Waals surface area (Å²) in [4.78, 5) is 29.1. The van der Waals surface area contributed by atoms with E-state index in [0.717, 1.165) is 23.1 Å². The average molecular weight is 486 g/mol. The molecule has 34 heavy (non-hydrogen) atoms. The van der Waals surface area contributed by atoms with E-state index in [0.29, 0.717) is 0 Å². The van der Waals surface area contributed by atoms with Gasteiger partial charge < -0.3 is 15.4 Å². The van der Waals surface area contributed by atoms with Gasteiger partial charge in [-0.15, -0.1) is 0 Å². The van der Waals surface area contributed by atoms with Crippen LogP contribution in [0.3, 0.4) is 0 Å². The summed E-state index contributed by atoms with van der Waals surface area (Å²) in [7, 11) is -3.34. The van der Waals surface area contributed by atoms with Crippen molar-refractivity contribution in [1.82, 2.24) is 25.4 Å². The van der Waals surface area contributed by atoms with Crippen molar-refractivity contribution in [3.8, 4) is 5.69 Å². The minimum Gasteiger partial charge on any atom is -0.445 e. The van der Waals surface area contributed by atoms with Crippen LogP contribution in [0, 0.1) is 0 Å². The van der Waals surface area contributed by atoms with Crippen molar-refractivity contribution in [1.29, 1.82) is 0 Å². The Morgan fingerprint density at radius 3 is 2.38 bits per heavy atom. The first kappa shape index (κ1) is 24.9. The van der Waals surface area contributed by atoms with Crippen molar-refractivity contribution < 1.29 is 22.7 Å². The molecule has 3 rings (SSSR count). The lowest BCUT2D eigenvalue weighted by atomic mass is 10.1. The molecule has 0 spiro atoms. The molecule has 2 N–H and O–H groups in total. The topological polar surface area (TPSA) is 132 Å². The van der Waals surface area contributed by atoms with Crippen LogP contribution in [0.25, 0.3) is 5.69 Å². The number of ether oxygens (including phenoxy) is 1. The molecule has 0 aliphatic carbocycles. The largest absolute Gasteiger partial charge is 0.445 e. The number of alkyl carbamates (subject to hydrolysis) is 1. The molecule has 3 aromatic rings. The smallest absolute Gasteiger partial charge is 0.408 e. The van der Waals surface area contributed by atoms with E-state index in [1.54, 1.807) is 30.1 Å². The summed E-state index contributed by atoms with van der Waals surface area (Å²) in [5.41, 5.74) is 2.43. The van der Waals surface area contributed by atoms with E-state index in [-0.39, 0.29) is 24.8 Å². The molecule has 0 fully saturated rings. The third-order valence-corrected chi connectivity index (χ3v) is 6.01. The number of hydrogen-bond donors (Lipinski definition) is 2. The number of rotatable bonds is 10. The minimum atomic E-state index is -3.34. The zero-order valence-corrected chi connectivity index (χ0v) is 19.7. The van der Waals surface area contributed by atoms with Crippen molar-refractivity contribution in [2.24, 2.45) is 0 Å². The van der Waals surface area contributed by atoms with Gasteiger partial charge in [0.15, 0.2) is 0 Å². The quantitative estimate of drug-likeness (QED) is 0.450. The molecule has 180 valence electrons. The number of aromatic nitrogens is 3. The standard InChI is InChI=1S/C23H27N5O5S/c1-17(19-8-10-20(11-9-19)28-16-24-15-25-28)26-22(29)21(12-13-34(2,31)32)27-23(30)33-14-18-6-4-3-5-7-18/h3-11,15-17,21H,12-14H2,1-2H3,(H,26,29)(H,27,30). The number of carbonyl (C=O) groups is 2. The zero-order chi connectivity index (χ0) is 24.6. The highest BCUT2D eigenvalue weighted by molar-refractivity contribution is 7.90. The zero-order valence-electron chi connectivity index (χ0n) is 18.9. The van der Waals surface area contributed by atoms with E-state index in [4.69, 9.17) is 4.74 Å². The number of sulfone groups is 1. The number of benzene rings is 2. The fourth-order valence-corrected chi connectivity index (χ4v) is 3.83. The second-order valence-electron chi connectivity index (χ2n) is 7.84. The van der Waals surface area contributed by atoms with Crippen molar-refractivity contribution >= 4 is 21.8 Å². The van der Waals surface area contributed by atoms with Gasteiger partial charge in [0.25, 0.3) is 0 Å². The first-order valence-electron chi connectivity index (χ1n) is 10.6. The van der Waals surface area contributed by atoms with Crippen LogP contribution in [0.15, 0.2) is 67.3 Å². The van der Waals surface area contributed by atoms with E-state index in [1.807, 2.05) is 42.5 Å². The molecule has 2 aromatic carbocycles. The summed E-state index contributed by atoms with van der Waals surface area (Å²) < 4.78 is 30.1. The number of hydrogen-bond acceptors (Lipinski definition) is 7. The Morgan fingerprint density at radius 2 is 1.76 bits per heavy atom. The van der Waals surface area contributed by atoms with Gasteiger partial charge in [-0.2, -0.15) is 5.10 Å².